The SMILES string of the molecule is Nc1cc(C(F)(F)F)cnc1N[C@H]1CC[C@H](NC=O)CC1. The standard InChI is InChI=1S/C13H17F3N4O/c14-13(15,16)8-5-11(17)12(18-6-8)20-10-3-1-9(2-4-10)19-7-21/h5-7,9-10H,1-4,17H2,(H,18,20)(H,19,21)/t9-,10-. The van der Waals surface area contributed by atoms with E-state index in [2.05, 4.69) is 15.6 Å². The molecule has 5 nitrogen and oxygen atoms in total. The van der Waals surface area contributed by atoms with Crippen LogP contribution in [0.3, 0.4) is 0 Å². The number of carbonyl (C=O) groups excluding carboxylic acids is 1. The molecule has 0 aromatic carbocycles. The van der Waals surface area contributed by atoms with Gasteiger partial charge in [-0.05, 0) is 31.7 Å². The van der Waals surface area contributed by atoms with Gasteiger partial charge in [0.25, 0.3) is 0 Å². The van der Waals surface area contributed by atoms with Gasteiger partial charge in [0.05, 0.1) is 11.3 Å². The lowest BCUT2D eigenvalue weighted by Crippen LogP contribution is -2.36. The highest BCUT2D eigenvalue weighted by Crippen LogP contribution is 2.32. The lowest BCUT2D eigenvalue weighted by atomic mass is 9.91. The summed E-state index contributed by atoms with van der Waals surface area (Å²) in [5, 5.41) is 5.80. The second-order valence-corrected chi connectivity index (χ2v) is 5.14. The number of rotatable bonds is 4. The molecular weight excluding hydrogens is 285 g/mol. The van der Waals surface area contributed by atoms with E-state index in [0.29, 0.717) is 6.41 Å². The first kappa shape index (κ1) is 15.4. The zero-order valence-electron chi connectivity index (χ0n) is 11.3. The maximum absolute atomic E-state index is 12.5. The van der Waals surface area contributed by atoms with Crippen LogP contribution in [0.1, 0.15) is 31.2 Å². The fourth-order valence-corrected chi connectivity index (χ4v) is 2.45. The Hall–Kier alpha value is -1.99. The van der Waals surface area contributed by atoms with Gasteiger partial charge in [0.15, 0.2) is 0 Å². The van der Waals surface area contributed by atoms with Gasteiger partial charge >= 0.3 is 6.18 Å². The van der Waals surface area contributed by atoms with Crippen LogP contribution in [0, 0.1) is 0 Å². The fraction of sp³-hybridized carbons (Fsp3) is 0.538. The quantitative estimate of drug-likeness (QED) is 0.745. The number of nitrogens with zero attached hydrogens (tertiary/aromatic N) is 1. The Morgan fingerprint density at radius 3 is 2.38 bits per heavy atom. The van der Waals surface area contributed by atoms with E-state index in [4.69, 9.17) is 5.73 Å². The Labute approximate surface area is 120 Å². The highest BCUT2D eigenvalue weighted by Gasteiger charge is 2.31. The van der Waals surface area contributed by atoms with E-state index < -0.39 is 11.7 Å². The minimum absolute atomic E-state index is 0.0158. The molecule has 0 atom stereocenters. The van der Waals surface area contributed by atoms with Crippen LogP contribution in [-0.4, -0.2) is 23.5 Å². The first-order valence-electron chi connectivity index (χ1n) is 6.69. The van der Waals surface area contributed by atoms with Crippen LogP contribution in [0.25, 0.3) is 0 Å². The van der Waals surface area contributed by atoms with Crippen molar-refractivity contribution in [3.63, 3.8) is 0 Å². The minimum Gasteiger partial charge on any atom is -0.396 e. The number of anilines is 2. The largest absolute Gasteiger partial charge is 0.417 e. The average molecular weight is 302 g/mol. The highest BCUT2D eigenvalue weighted by molar-refractivity contribution is 5.62. The number of amides is 1. The van der Waals surface area contributed by atoms with Gasteiger partial charge in [0, 0.05) is 18.3 Å². The molecule has 0 radical (unpaired) electrons. The molecule has 21 heavy (non-hydrogen) atoms. The van der Waals surface area contributed by atoms with Gasteiger partial charge in [-0.15, -0.1) is 0 Å². The van der Waals surface area contributed by atoms with Gasteiger partial charge in [-0.2, -0.15) is 13.2 Å². The predicted octanol–water partition coefficient (Wildman–Crippen LogP) is 2.15. The van der Waals surface area contributed by atoms with Crippen LogP contribution in [0.2, 0.25) is 0 Å². The summed E-state index contributed by atoms with van der Waals surface area (Å²) in [5.41, 5.74) is 4.75. The Morgan fingerprint density at radius 2 is 1.86 bits per heavy atom. The van der Waals surface area contributed by atoms with E-state index >= 15 is 0 Å². The van der Waals surface area contributed by atoms with Crippen molar-refractivity contribution in [2.24, 2.45) is 0 Å². The maximum atomic E-state index is 12.5. The van der Waals surface area contributed by atoms with Crippen LogP contribution >= 0.6 is 0 Å². The number of nitrogen functional groups attached to an aromatic ring is 1. The van der Waals surface area contributed by atoms with Gasteiger partial charge in [-0.25, -0.2) is 4.98 Å². The summed E-state index contributed by atoms with van der Waals surface area (Å²) in [6.07, 6.45) is 0.250. The third-order valence-electron chi connectivity index (χ3n) is 3.62. The molecule has 1 heterocycles. The monoisotopic (exact) mass is 302 g/mol. The molecule has 8 heteroatoms. The average Bonchev–Trinajstić information content (AvgIpc) is 2.42. The predicted molar refractivity (Wildman–Crippen MR) is 72.5 cm³/mol. The Kier molecular flexibility index (Phi) is 4.54. The number of pyridine rings is 1. The van der Waals surface area contributed by atoms with Crippen molar-refractivity contribution in [2.75, 3.05) is 11.1 Å². The summed E-state index contributed by atoms with van der Waals surface area (Å²) >= 11 is 0. The molecule has 0 unspecified atom stereocenters. The van der Waals surface area contributed by atoms with Gasteiger partial charge in [-0.3, -0.25) is 4.79 Å². The highest BCUT2D eigenvalue weighted by atomic mass is 19.4. The number of hydrogen-bond acceptors (Lipinski definition) is 4. The topological polar surface area (TPSA) is 80.0 Å². The molecule has 1 aliphatic rings. The number of hydrogen-bond donors (Lipinski definition) is 3. The van der Waals surface area contributed by atoms with Crippen molar-refractivity contribution in [3.05, 3.63) is 17.8 Å². The lowest BCUT2D eigenvalue weighted by molar-refractivity contribution is -0.137. The number of halogens is 3. The molecule has 1 saturated carbocycles. The molecule has 116 valence electrons. The number of alkyl halides is 3. The van der Waals surface area contributed by atoms with Crippen molar-refractivity contribution in [1.82, 2.24) is 10.3 Å². The Morgan fingerprint density at radius 1 is 1.24 bits per heavy atom. The van der Waals surface area contributed by atoms with E-state index in [1.54, 1.807) is 0 Å². The van der Waals surface area contributed by atoms with Crippen molar-refractivity contribution in [3.8, 4) is 0 Å². The zero-order chi connectivity index (χ0) is 15.5. The number of carbonyl (C=O) groups is 1. The van der Waals surface area contributed by atoms with E-state index in [9.17, 15) is 18.0 Å². The summed E-state index contributed by atoms with van der Waals surface area (Å²) < 4.78 is 37.6. The molecule has 1 fully saturated rings. The van der Waals surface area contributed by atoms with Crippen LogP contribution in [0.5, 0.6) is 0 Å². The number of nitrogens with two attached hydrogens (primary N) is 1. The Balaban J connectivity index is 1.96. The molecular formula is C13H17F3N4O. The van der Waals surface area contributed by atoms with Crippen LogP contribution < -0.4 is 16.4 Å². The van der Waals surface area contributed by atoms with E-state index in [0.717, 1.165) is 37.9 Å². The minimum atomic E-state index is -4.45. The van der Waals surface area contributed by atoms with Crippen molar-refractivity contribution < 1.29 is 18.0 Å². The molecule has 1 aliphatic carbocycles. The molecule has 2 rings (SSSR count). The van der Waals surface area contributed by atoms with Crippen LogP contribution in [0.15, 0.2) is 12.3 Å². The molecule has 1 amide bonds. The van der Waals surface area contributed by atoms with E-state index in [-0.39, 0.29) is 23.6 Å². The van der Waals surface area contributed by atoms with Crippen LogP contribution in [0.4, 0.5) is 24.7 Å². The molecule has 4 N–H and O–H groups in total. The van der Waals surface area contributed by atoms with Crippen molar-refractivity contribution in [1.29, 1.82) is 0 Å². The zero-order valence-corrected chi connectivity index (χ0v) is 11.3. The summed E-state index contributed by atoms with van der Waals surface area (Å²) in [5.74, 6) is 0.273. The normalized spacial score (nSPS) is 22.6. The number of nitrogens with one attached hydrogen (secondary N) is 2. The first-order valence-corrected chi connectivity index (χ1v) is 6.69. The molecule has 0 aliphatic heterocycles. The molecule has 0 bridgehead atoms. The summed E-state index contributed by atoms with van der Waals surface area (Å²) in [4.78, 5) is 14.1. The third-order valence-corrected chi connectivity index (χ3v) is 3.62. The van der Waals surface area contributed by atoms with Gasteiger partial charge in [-0.1, -0.05) is 0 Å². The van der Waals surface area contributed by atoms with Gasteiger partial charge in [0.2, 0.25) is 6.41 Å². The molecule has 0 saturated heterocycles. The first-order chi connectivity index (χ1) is 9.90. The molecule has 1 aromatic rings. The van der Waals surface area contributed by atoms with Crippen molar-refractivity contribution >= 4 is 17.9 Å². The van der Waals surface area contributed by atoms with Gasteiger partial charge in [0.1, 0.15) is 5.82 Å². The lowest BCUT2D eigenvalue weighted by Gasteiger charge is -2.29. The van der Waals surface area contributed by atoms with E-state index in [1.165, 1.54) is 0 Å². The van der Waals surface area contributed by atoms with E-state index in [1.807, 2.05) is 0 Å². The summed E-state index contributed by atoms with van der Waals surface area (Å²) in [7, 11) is 0. The third kappa shape index (κ3) is 3.99. The molecule has 1 aromatic heterocycles. The smallest absolute Gasteiger partial charge is 0.396 e. The molecule has 0 spiro atoms. The van der Waals surface area contributed by atoms with Crippen LogP contribution in [-0.2, 0) is 11.0 Å². The second-order valence-electron chi connectivity index (χ2n) is 5.14. The maximum Gasteiger partial charge on any atom is 0.417 e. The fourth-order valence-electron chi connectivity index (χ4n) is 2.45. The second kappa shape index (κ2) is 6.19. The Bertz CT molecular complexity index is 499. The van der Waals surface area contributed by atoms with Gasteiger partial charge < -0.3 is 16.4 Å². The summed E-state index contributed by atoms with van der Waals surface area (Å²) in [6.45, 7) is 0. The number of aromatic nitrogens is 1. The summed E-state index contributed by atoms with van der Waals surface area (Å²) in [6, 6.07) is 1.15. The van der Waals surface area contributed by atoms with Crippen molar-refractivity contribution in [2.45, 2.75) is 43.9 Å².